The van der Waals surface area contributed by atoms with Gasteiger partial charge in [0.15, 0.2) is 0 Å². The van der Waals surface area contributed by atoms with Gasteiger partial charge in [-0.2, -0.15) is 5.10 Å². The number of rotatable bonds is 6. The van der Waals surface area contributed by atoms with Crippen molar-refractivity contribution in [3.63, 3.8) is 0 Å². The molecule has 0 radical (unpaired) electrons. The predicted molar refractivity (Wildman–Crippen MR) is 97.2 cm³/mol. The molecular formula is C19H21N5O. The van der Waals surface area contributed by atoms with Gasteiger partial charge in [0.05, 0.1) is 12.2 Å². The van der Waals surface area contributed by atoms with Gasteiger partial charge in [-0.15, -0.1) is 0 Å². The highest BCUT2D eigenvalue weighted by atomic mass is 16.2. The fraction of sp³-hybridized carbons (Fsp3) is 0.211. The molecule has 1 aromatic carbocycles. The number of urea groups is 1. The van der Waals surface area contributed by atoms with Crippen molar-refractivity contribution in [2.24, 2.45) is 0 Å². The molecule has 2 amide bonds. The number of carbonyl (C=O) groups is 1. The van der Waals surface area contributed by atoms with Gasteiger partial charge in [0.1, 0.15) is 5.82 Å². The lowest BCUT2D eigenvalue weighted by atomic mass is 10.1. The molecule has 0 aliphatic carbocycles. The van der Waals surface area contributed by atoms with Gasteiger partial charge in [-0.25, -0.2) is 9.48 Å². The van der Waals surface area contributed by atoms with E-state index in [0.717, 1.165) is 12.0 Å². The zero-order valence-corrected chi connectivity index (χ0v) is 14.1. The molecule has 0 saturated carbocycles. The third-order valence-electron chi connectivity index (χ3n) is 3.95. The fourth-order valence-electron chi connectivity index (χ4n) is 2.56. The zero-order chi connectivity index (χ0) is 17.5. The number of pyridine rings is 1. The van der Waals surface area contributed by atoms with Crippen LogP contribution in [0.3, 0.4) is 0 Å². The first kappa shape index (κ1) is 16.7. The second kappa shape index (κ2) is 8.10. The number of amides is 2. The monoisotopic (exact) mass is 335 g/mol. The van der Waals surface area contributed by atoms with Gasteiger partial charge in [-0.05, 0) is 30.5 Å². The molecule has 3 rings (SSSR count). The predicted octanol–water partition coefficient (Wildman–Crippen LogP) is 3.40. The van der Waals surface area contributed by atoms with Crippen molar-refractivity contribution in [2.75, 3.05) is 5.32 Å². The quantitative estimate of drug-likeness (QED) is 0.725. The minimum absolute atomic E-state index is 0.130. The lowest BCUT2D eigenvalue weighted by Gasteiger charge is -2.15. The summed E-state index contributed by atoms with van der Waals surface area (Å²) in [5, 5.41) is 10.0. The van der Waals surface area contributed by atoms with Crippen molar-refractivity contribution in [3.05, 3.63) is 78.2 Å². The average Bonchev–Trinajstić information content (AvgIpc) is 3.08. The maximum atomic E-state index is 12.2. The van der Waals surface area contributed by atoms with Crippen molar-refractivity contribution in [3.8, 4) is 0 Å². The minimum Gasteiger partial charge on any atom is -0.331 e. The van der Waals surface area contributed by atoms with Gasteiger partial charge in [0.25, 0.3) is 0 Å². The Hall–Kier alpha value is -3.15. The molecule has 0 aliphatic heterocycles. The summed E-state index contributed by atoms with van der Waals surface area (Å²) < 4.78 is 1.79. The molecule has 25 heavy (non-hydrogen) atoms. The Labute approximate surface area is 146 Å². The summed E-state index contributed by atoms with van der Waals surface area (Å²) in [4.78, 5) is 16.3. The molecule has 0 saturated heterocycles. The summed E-state index contributed by atoms with van der Waals surface area (Å²) in [6.07, 6.45) is 5.99. The average molecular weight is 335 g/mol. The van der Waals surface area contributed by atoms with E-state index in [4.69, 9.17) is 0 Å². The molecule has 6 heteroatoms. The van der Waals surface area contributed by atoms with E-state index in [1.807, 2.05) is 37.3 Å². The molecule has 6 nitrogen and oxygen atoms in total. The number of hydrogen-bond donors (Lipinski definition) is 2. The van der Waals surface area contributed by atoms with E-state index in [1.54, 1.807) is 29.3 Å². The third-order valence-corrected chi connectivity index (χ3v) is 3.95. The highest BCUT2D eigenvalue weighted by Gasteiger charge is 2.11. The second-order valence-corrected chi connectivity index (χ2v) is 5.78. The highest BCUT2D eigenvalue weighted by Crippen LogP contribution is 2.12. The molecular weight excluding hydrogens is 314 g/mol. The normalized spacial score (nSPS) is 11.7. The molecule has 2 heterocycles. The Kier molecular flexibility index (Phi) is 5.41. The summed E-state index contributed by atoms with van der Waals surface area (Å²) in [5.74, 6) is 0.673. The van der Waals surface area contributed by atoms with E-state index in [9.17, 15) is 4.79 Å². The Morgan fingerprint density at radius 3 is 2.72 bits per heavy atom. The van der Waals surface area contributed by atoms with Crippen LogP contribution in [0.15, 0.2) is 67.1 Å². The van der Waals surface area contributed by atoms with Crippen LogP contribution in [-0.2, 0) is 13.0 Å². The van der Waals surface area contributed by atoms with Gasteiger partial charge < -0.3 is 5.32 Å². The summed E-state index contributed by atoms with van der Waals surface area (Å²) >= 11 is 0. The van der Waals surface area contributed by atoms with Crippen LogP contribution in [0.4, 0.5) is 10.6 Å². The SMILES string of the molecule is C[C@@H](NC(=O)Nc1ccnn1CCc1ccccc1)c1cccnc1. The Morgan fingerprint density at radius 1 is 1.12 bits per heavy atom. The number of benzene rings is 1. The first-order valence-electron chi connectivity index (χ1n) is 8.25. The van der Waals surface area contributed by atoms with Crippen molar-refractivity contribution in [1.29, 1.82) is 0 Å². The van der Waals surface area contributed by atoms with Crippen LogP contribution in [0, 0.1) is 0 Å². The Morgan fingerprint density at radius 2 is 1.96 bits per heavy atom. The number of aromatic nitrogens is 3. The molecule has 128 valence electrons. The van der Waals surface area contributed by atoms with Gasteiger partial charge in [-0.3, -0.25) is 10.3 Å². The molecule has 1 atom stereocenters. The molecule has 3 aromatic rings. The van der Waals surface area contributed by atoms with E-state index in [1.165, 1.54) is 5.56 Å². The number of hydrogen-bond acceptors (Lipinski definition) is 3. The van der Waals surface area contributed by atoms with Crippen molar-refractivity contribution in [2.45, 2.75) is 25.9 Å². The molecule has 0 aliphatic rings. The number of aryl methyl sites for hydroxylation is 2. The lowest BCUT2D eigenvalue weighted by molar-refractivity contribution is 0.249. The van der Waals surface area contributed by atoms with E-state index >= 15 is 0 Å². The maximum absolute atomic E-state index is 12.2. The van der Waals surface area contributed by atoms with Crippen LogP contribution in [0.2, 0.25) is 0 Å². The molecule has 0 spiro atoms. The lowest BCUT2D eigenvalue weighted by Crippen LogP contribution is -2.32. The van der Waals surface area contributed by atoms with Crippen molar-refractivity contribution >= 4 is 11.8 Å². The van der Waals surface area contributed by atoms with E-state index in [0.29, 0.717) is 12.4 Å². The van der Waals surface area contributed by atoms with Crippen molar-refractivity contribution < 1.29 is 4.79 Å². The largest absolute Gasteiger partial charge is 0.331 e. The molecule has 0 bridgehead atoms. The van der Waals surface area contributed by atoms with Crippen LogP contribution in [0.5, 0.6) is 0 Å². The van der Waals surface area contributed by atoms with Crippen molar-refractivity contribution in [1.82, 2.24) is 20.1 Å². The number of carbonyl (C=O) groups excluding carboxylic acids is 1. The van der Waals surface area contributed by atoms with Gasteiger partial charge >= 0.3 is 6.03 Å². The number of nitrogens with one attached hydrogen (secondary N) is 2. The summed E-state index contributed by atoms with van der Waals surface area (Å²) in [5.41, 5.74) is 2.19. The summed E-state index contributed by atoms with van der Waals surface area (Å²) in [6, 6.07) is 15.4. The van der Waals surface area contributed by atoms with Crippen LogP contribution in [0.1, 0.15) is 24.1 Å². The Balaban J connectivity index is 1.56. The molecule has 0 fully saturated rings. The molecule has 2 N–H and O–H groups in total. The minimum atomic E-state index is -0.266. The van der Waals surface area contributed by atoms with Crippen LogP contribution < -0.4 is 10.6 Å². The van der Waals surface area contributed by atoms with Crippen LogP contribution in [0.25, 0.3) is 0 Å². The maximum Gasteiger partial charge on any atom is 0.320 e. The molecule has 0 unspecified atom stereocenters. The zero-order valence-electron chi connectivity index (χ0n) is 14.1. The van der Waals surface area contributed by atoms with Crippen LogP contribution in [-0.4, -0.2) is 20.8 Å². The van der Waals surface area contributed by atoms with Gasteiger partial charge in [-0.1, -0.05) is 36.4 Å². The van der Waals surface area contributed by atoms with Crippen LogP contribution >= 0.6 is 0 Å². The number of nitrogens with zero attached hydrogens (tertiary/aromatic N) is 3. The standard InChI is InChI=1S/C19H21N5O/c1-15(17-8-5-11-20-14-17)22-19(25)23-18-9-12-21-24(18)13-10-16-6-3-2-4-7-16/h2-9,11-12,14-15H,10,13H2,1H3,(H2,22,23,25)/t15-/m1/s1. The summed E-state index contributed by atoms with van der Waals surface area (Å²) in [6.45, 7) is 2.62. The first-order chi connectivity index (χ1) is 12.2. The summed E-state index contributed by atoms with van der Waals surface area (Å²) in [7, 11) is 0. The smallest absolute Gasteiger partial charge is 0.320 e. The van der Waals surface area contributed by atoms with E-state index < -0.39 is 0 Å². The van der Waals surface area contributed by atoms with Gasteiger partial charge in [0, 0.05) is 25.0 Å². The second-order valence-electron chi connectivity index (χ2n) is 5.78. The highest BCUT2D eigenvalue weighted by molar-refractivity contribution is 5.88. The molecule has 2 aromatic heterocycles. The van der Waals surface area contributed by atoms with Gasteiger partial charge in [0.2, 0.25) is 0 Å². The van der Waals surface area contributed by atoms with E-state index in [2.05, 4.69) is 32.8 Å². The number of anilines is 1. The Bertz CT molecular complexity index is 801. The topological polar surface area (TPSA) is 71.8 Å². The fourth-order valence-corrected chi connectivity index (χ4v) is 2.56. The third kappa shape index (κ3) is 4.67. The van der Waals surface area contributed by atoms with E-state index in [-0.39, 0.29) is 12.1 Å². The first-order valence-corrected chi connectivity index (χ1v) is 8.25.